The van der Waals surface area contributed by atoms with Crippen molar-refractivity contribution in [1.29, 1.82) is 0 Å². The highest BCUT2D eigenvalue weighted by Crippen LogP contribution is 2.33. The van der Waals surface area contributed by atoms with E-state index in [0.29, 0.717) is 58.1 Å². The lowest BCUT2D eigenvalue weighted by molar-refractivity contribution is -0.120. The van der Waals surface area contributed by atoms with E-state index in [1.54, 1.807) is 24.3 Å². The van der Waals surface area contributed by atoms with Gasteiger partial charge in [0, 0.05) is 24.6 Å². The number of benzene rings is 2. The Morgan fingerprint density at radius 1 is 1.03 bits per heavy atom. The molecule has 1 N–H and O–H groups in total. The monoisotopic (exact) mass is 471 g/mol. The largest absolute Gasteiger partial charge is 0.355 e. The number of rotatable bonds is 2. The van der Waals surface area contributed by atoms with Gasteiger partial charge in [0.05, 0.1) is 20.8 Å². The molecule has 0 radical (unpaired) electrons. The Balaban J connectivity index is 1.44. The second-order valence-corrected chi connectivity index (χ2v) is 9.68. The van der Waals surface area contributed by atoms with E-state index in [1.165, 1.54) is 12.1 Å². The van der Waals surface area contributed by atoms with Gasteiger partial charge in [0.25, 0.3) is 10.0 Å². The van der Waals surface area contributed by atoms with Crippen LogP contribution < -0.4 is 5.32 Å². The fraction of sp³-hybridized carbons (Fsp3) is 0.263. The zero-order valence-corrected chi connectivity index (χ0v) is 18.1. The van der Waals surface area contributed by atoms with Crippen molar-refractivity contribution in [2.75, 3.05) is 18.4 Å². The predicted molar refractivity (Wildman–Crippen MR) is 115 cm³/mol. The van der Waals surface area contributed by atoms with Crippen molar-refractivity contribution >= 4 is 62.3 Å². The summed E-state index contributed by atoms with van der Waals surface area (Å²) in [7, 11) is -3.66. The van der Waals surface area contributed by atoms with E-state index in [0.717, 1.165) is 0 Å². The van der Waals surface area contributed by atoms with Crippen molar-refractivity contribution < 1.29 is 13.2 Å². The molecule has 4 rings (SSSR count). The molecule has 2 aliphatic heterocycles. The molecule has 6 nitrogen and oxygen atoms in total. The molecule has 2 aromatic rings. The number of nitrogens with one attached hydrogen (secondary N) is 1. The summed E-state index contributed by atoms with van der Waals surface area (Å²) in [6, 6.07) is 9.79. The zero-order chi connectivity index (χ0) is 20.8. The molecule has 2 aliphatic rings. The van der Waals surface area contributed by atoms with Crippen molar-refractivity contribution in [3.63, 3.8) is 0 Å². The first-order valence-corrected chi connectivity index (χ1v) is 11.5. The van der Waals surface area contributed by atoms with Gasteiger partial charge in [-0.05, 0) is 37.1 Å². The molecule has 29 heavy (non-hydrogen) atoms. The van der Waals surface area contributed by atoms with Crippen LogP contribution in [-0.2, 0) is 14.8 Å². The number of piperidine rings is 1. The molecule has 2 heterocycles. The van der Waals surface area contributed by atoms with Crippen molar-refractivity contribution in [3.05, 3.63) is 57.0 Å². The first-order valence-electron chi connectivity index (χ1n) is 8.91. The maximum atomic E-state index is 12.7. The molecule has 0 aliphatic carbocycles. The van der Waals surface area contributed by atoms with Gasteiger partial charge in [-0.1, -0.05) is 46.9 Å². The van der Waals surface area contributed by atoms with E-state index in [-0.39, 0.29) is 16.7 Å². The number of amides is 1. The van der Waals surface area contributed by atoms with Crippen LogP contribution in [0.25, 0.3) is 0 Å². The molecule has 0 atom stereocenters. The number of hydrogen-bond donors (Lipinski definition) is 1. The van der Waals surface area contributed by atoms with E-state index in [9.17, 15) is 13.2 Å². The Morgan fingerprint density at radius 2 is 1.69 bits per heavy atom. The summed E-state index contributed by atoms with van der Waals surface area (Å²) in [5, 5.41) is 3.74. The standard InChI is InChI=1S/C19H16Cl3N3O3S/c20-13-9-15(22)16(10-14(13)21)23-19(26)11-5-7-25(8-6-11)18-12-3-1-2-4-17(12)29(27,28)24-18/h1-4,9-11H,5-8H2,(H,23,26). The van der Waals surface area contributed by atoms with E-state index >= 15 is 0 Å². The summed E-state index contributed by atoms with van der Waals surface area (Å²) in [5.41, 5.74) is 1.02. The van der Waals surface area contributed by atoms with Crippen LogP contribution >= 0.6 is 34.8 Å². The second kappa shape index (κ2) is 7.80. The number of amidine groups is 1. The fourth-order valence-corrected chi connectivity index (χ4v) is 5.34. The molecular formula is C19H16Cl3N3O3S. The number of carbonyl (C=O) groups is 1. The van der Waals surface area contributed by atoms with Crippen LogP contribution in [0, 0.1) is 5.92 Å². The van der Waals surface area contributed by atoms with E-state index in [4.69, 9.17) is 34.8 Å². The van der Waals surface area contributed by atoms with Gasteiger partial charge in [0.2, 0.25) is 5.91 Å². The molecule has 0 bridgehead atoms. The van der Waals surface area contributed by atoms with E-state index < -0.39 is 10.0 Å². The van der Waals surface area contributed by atoms with Gasteiger partial charge >= 0.3 is 0 Å². The molecule has 152 valence electrons. The lowest BCUT2D eigenvalue weighted by Crippen LogP contribution is -2.41. The molecule has 0 spiro atoms. The average Bonchev–Trinajstić information content (AvgIpc) is 2.97. The van der Waals surface area contributed by atoms with Crippen molar-refractivity contribution in [3.8, 4) is 0 Å². The van der Waals surface area contributed by atoms with Gasteiger partial charge in [-0.15, -0.1) is 4.40 Å². The van der Waals surface area contributed by atoms with Crippen LogP contribution in [0.3, 0.4) is 0 Å². The first-order chi connectivity index (χ1) is 13.8. The summed E-state index contributed by atoms with van der Waals surface area (Å²) in [6.45, 7) is 1.05. The normalized spacial score (nSPS) is 18.3. The summed E-state index contributed by atoms with van der Waals surface area (Å²) >= 11 is 18.0. The smallest absolute Gasteiger partial charge is 0.285 e. The molecule has 0 aromatic heterocycles. The highest BCUT2D eigenvalue weighted by Gasteiger charge is 2.34. The molecule has 1 amide bonds. The third-order valence-corrected chi connectivity index (χ3v) is 7.41. The lowest BCUT2D eigenvalue weighted by Gasteiger charge is -2.32. The SMILES string of the molecule is O=C(Nc1cc(Cl)c(Cl)cc1Cl)C1CCN(C2=NS(=O)(=O)c3ccccc32)CC1. The van der Waals surface area contributed by atoms with Crippen LogP contribution in [0.4, 0.5) is 5.69 Å². The van der Waals surface area contributed by atoms with E-state index in [2.05, 4.69) is 9.71 Å². The van der Waals surface area contributed by atoms with Crippen LogP contribution in [0.2, 0.25) is 15.1 Å². The van der Waals surface area contributed by atoms with Gasteiger partial charge in [-0.2, -0.15) is 8.42 Å². The number of anilines is 1. The third-order valence-electron chi connectivity index (χ3n) is 5.05. The third kappa shape index (κ3) is 3.97. The molecule has 0 unspecified atom stereocenters. The number of carbonyl (C=O) groups excluding carboxylic acids is 1. The maximum absolute atomic E-state index is 12.7. The average molecular weight is 473 g/mol. The Bertz CT molecular complexity index is 1130. The number of hydrogen-bond acceptors (Lipinski definition) is 4. The predicted octanol–water partition coefficient (Wildman–Crippen LogP) is 4.45. The lowest BCUT2D eigenvalue weighted by atomic mass is 9.95. The number of fused-ring (bicyclic) bond motifs is 1. The second-order valence-electron chi connectivity index (χ2n) is 6.88. The van der Waals surface area contributed by atoms with Gasteiger partial charge in [-0.25, -0.2) is 0 Å². The summed E-state index contributed by atoms with van der Waals surface area (Å²) in [4.78, 5) is 14.8. The van der Waals surface area contributed by atoms with Crippen LogP contribution in [-0.4, -0.2) is 38.2 Å². The Hall–Kier alpha value is -1.80. The van der Waals surface area contributed by atoms with Gasteiger partial charge in [0.1, 0.15) is 4.90 Å². The Kier molecular flexibility index (Phi) is 5.50. The van der Waals surface area contributed by atoms with Crippen molar-refractivity contribution in [2.24, 2.45) is 10.3 Å². The fourth-order valence-electron chi connectivity index (χ4n) is 3.52. The molecule has 0 saturated carbocycles. The quantitative estimate of drug-likeness (QED) is 0.655. The minimum atomic E-state index is -3.66. The van der Waals surface area contributed by atoms with Gasteiger partial charge < -0.3 is 10.2 Å². The first kappa shape index (κ1) is 20.5. The van der Waals surface area contributed by atoms with Gasteiger partial charge in [0.15, 0.2) is 5.84 Å². The summed E-state index contributed by atoms with van der Waals surface area (Å²) < 4.78 is 28.5. The Morgan fingerprint density at radius 3 is 2.41 bits per heavy atom. The van der Waals surface area contributed by atoms with Crippen LogP contribution in [0.5, 0.6) is 0 Å². The summed E-state index contributed by atoms with van der Waals surface area (Å²) in [6.07, 6.45) is 1.12. The molecule has 2 aromatic carbocycles. The topological polar surface area (TPSA) is 78.8 Å². The van der Waals surface area contributed by atoms with Gasteiger partial charge in [-0.3, -0.25) is 4.79 Å². The highest BCUT2D eigenvalue weighted by molar-refractivity contribution is 7.90. The van der Waals surface area contributed by atoms with Crippen LogP contribution in [0.15, 0.2) is 45.7 Å². The van der Waals surface area contributed by atoms with Crippen LogP contribution in [0.1, 0.15) is 18.4 Å². The molecular weight excluding hydrogens is 457 g/mol. The van der Waals surface area contributed by atoms with Crippen molar-refractivity contribution in [2.45, 2.75) is 17.7 Å². The number of sulfonamides is 1. The minimum Gasteiger partial charge on any atom is -0.355 e. The minimum absolute atomic E-state index is 0.161. The van der Waals surface area contributed by atoms with Crippen molar-refractivity contribution in [1.82, 2.24) is 4.90 Å². The number of likely N-dealkylation sites (tertiary alicyclic amines) is 1. The highest BCUT2D eigenvalue weighted by atomic mass is 35.5. The van der Waals surface area contributed by atoms with E-state index in [1.807, 2.05) is 4.90 Å². The number of nitrogens with zero attached hydrogens (tertiary/aromatic N) is 2. The Labute approximate surface area is 183 Å². The molecule has 1 saturated heterocycles. The molecule has 1 fully saturated rings. The number of halogens is 3. The maximum Gasteiger partial charge on any atom is 0.285 e. The zero-order valence-electron chi connectivity index (χ0n) is 15.0. The molecule has 10 heteroatoms. The summed E-state index contributed by atoms with van der Waals surface area (Å²) in [5.74, 6) is 0.0592.